The molecule has 0 aliphatic heterocycles. The molecule has 2 amide bonds. The summed E-state index contributed by atoms with van der Waals surface area (Å²) >= 11 is 0. The fourth-order valence-corrected chi connectivity index (χ4v) is 2.23. The number of nitrogens with one attached hydrogen (secondary N) is 3. The van der Waals surface area contributed by atoms with Crippen LogP contribution in [0.1, 0.15) is 23.4 Å². The Bertz CT molecular complexity index is 705. The van der Waals surface area contributed by atoms with Gasteiger partial charge in [0.05, 0.1) is 19.3 Å². The molecule has 1 aromatic carbocycles. The highest BCUT2D eigenvalue weighted by molar-refractivity contribution is 5.84. The van der Waals surface area contributed by atoms with Crippen molar-refractivity contribution in [2.24, 2.45) is 0 Å². The number of anilines is 1. The second-order valence-electron chi connectivity index (χ2n) is 5.48. The molecule has 0 unspecified atom stereocenters. The van der Waals surface area contributed by atoms with Gasteiger partial charge in [0.25, 0.3) is 5.91 Å². The van der Waals surface area contributed by atoms with Crippen LogP contribution in [-0.2, 0) is 16.0 Å². The number of rotatable bonds is 7. The summed E-state index contributed by atoms with van der Waals surface area (Å²) in [6, 6.07) is 7.18. The minimum Gasteiger partial charge on any atom is -0.497 e. The Morgan fingerprint density at radius 1 is 1.12 bits per heavy atom. The van der Waals surface area contributed by atoms with E-state index in [2.05, 4.69) is 21.3 Å². The minimum atomic E-state index is -0.346. The molecule has 0 aliphatic rings. The first-order valence-corrected chi connectivity index (χ1v) is 7.87. The highest BCUT2D eigenvalue weighted by atomic mass is 16.5. The van der Waals surface area contributed by atoms with Gasteiger partial charge in [-0.1, -0.05) is 5.16 Å². The molecular weight excluding hydrogens is 324 g/mol. The molecule has 8 nitrogen and oxygen atoms in total. The van der Waals surface area contributed by atoms with Gasteiger partial charge in [-0.05, 0) is 44.5 Å². The van der Waals surface area contributed by atoms with E-state index in [4.69, 9.17) is 9.26 Å². The molecule has 0 fully saturated rings. The van der Waals surface area contributed by atoms with Crippen LogP contribution in [-0.4, -0.2) is 30.6 Å². The molecule has 0 saturated heterocycles. The van der Waals surface area contributed by atoms with E-state index in [-0.39, 0.29) is 24.8 Å². The van der Waals surface area contributed by atoms with Gasteiger partial charge in [-0.15, -0.1) is 0 Å². The van der Waals surface area contributed by atoms with Crippen molar-refractivity contribution >= 4 is 17.5 Å². The van der Waals surface area contributed by atoms with Gasteiger partial charge in [-0.3, -0.25) is 20.4 Å². The van der Waals surface area contributed by atoms with Gasteiger partial charge in [-0.25, -0.2) is 0 Å². The zero-order chi connectivity index (χ0) is 18.2. The fourth-order valence-electron chi connectivity index (χ4n) is 2.23. The van der Waals surface area contributed by atoms with Crippen molar-refractivity contribution in [3.05, 3.63) is 41.3 Å². The minimum absolute atomic E-state index is 0.0382. The first kappa shape index (κ1) is 18.3. The van der Waals surface area contributed by atoms with Crippen molar-refractivity contribution < 1.29 is 18.8 Å². The normalized spacial score (nSPS) is 10.2. The molecule has 8 heteroatoms. The predicted octanol–water partition coefficient (Wildman–Crippen LogP) is 1.49. The number of ether oxygens (including phenoxy) is 1. The van der Waals surface area contributed by atoms with Gasteiger partial charge < -0.3 is 14.6 Å². The molecule has 1 heterocycles. The van der Waals surface area contributed by atoms with E-state index in [0.29, 0.717) is 12.2 Å². The molecule has 0 saturated carbocycles. The third kappa shape index (κ3) is 5.52. The predicted molar refractivity (Wildman–Crippen MR) is 92.1 cm³/mol. The zero-order valence-corrected chi connectivity index (χ0v) is 14.5. The number of carbonyl (C=O) groups excluding carboxylic acids is 2. The van der Waals surface area contributed by atoms with Gasteiger partial charge in [-0.2, -0.15) is 0 Å². The third-order valence-electron chi connectivity index (χ3n) is 3.67. The quantitative estimate of drug-likeness (QED) is 0.656. The van der Waals surface area contributed by atoms with Crippen molar-refractivity contribution in [1.29, 1.82) is 0 Å². The maximum atomic E-state index is 11.8. The Hall–Kier alpha value is -3.03. The van der Waals surface area contributed by atoms with E-state index >= 15 is 0 Å². The van der Waals surface area contributed by atoms with E-state index in [9.17, 15) is 9.59 Å². The van der Waals surface area contributed by atoms with Crippen molar-refractivity contribution in [2.75, 3.05) is 19.0 Å². The molecule has 2 aromatic rings. The van der Waals surface area contributed by atoms with Gasteiger partial charge in [0.1, 0.15) is 11.5 Å². The van der Waals surface area contributed by atoms with E-state index in [1.54, 1.807) is 38.3 Å². The Morgan fingerprint density at radius 3 is 2.40 bits per heavy atom. The molecule has 0 atom stereocenters. The van der Waals surface area contributed by atoms with Crippen LogP contribution in [0.25, 0.3) is 0 Å². The number of hydrogen-bond acceptors (Lipinski definition) is 6. The summed E-state index contributed by atoms with van der Waals surface area (Å²) in [6.45, 7) is 3.67. The van der Waals surface area contributed by atoms with Gasteiger partial charge >= 0.3 is 0 Å². The Labute approximate surface area is 145 Å². The van der Waals surface area contributed by atoms with Crippen LogP contribution in [0.3, 0.4) is 0 Å². The lowest BCUT2D eigenvalue weighted by Gasteiger charge is -2.09. The average molecular weight is 346 g/mol. The van der Waals surface area contributed by atoms with Crippen LogP contribution >= 0.6 is 0 Å². The maximum Gasteiger partial charge on any atom is 0.257 e. The lowest BCUT2D eigenvalue weighted by Crippen LogP contribution is -2.44. The van der Waals surface area contributed by atoms with E-state index in [1.165, 1.54) is 0 Å². The van der Waals surface area contributed by atoms with E-state index < -0.39 is 0 Å². The summed E-state index contributed by atoms with van der Waals surface area (Å²) in [5, 5.41) is 6.79. The summed E-state index contributed by atoms with van der Waals surface area (Å²) < 4.78 is 10.1. The van der Waals surface area contributed by atoms with Crippen LogP contribution in [0.4, 0.5) is 5.69 Å². The first-order chi connectivity index (χ1) is 12.0. The van der Waals surface area contributed by atoms with E-state index in [1.807, 2.05) is 6.92 Å². The van der Waals surface area contributed by atoms with Crippen molar-refractivity contribution in [3.63, 3.8) is 0 Å². The molecule has 1 aromatic heterocycles. The number of hydrazine groups is 1. The monoisotopic (exact) mass is 346 g/mol. The Balaban J connectivity index is 1.67. The molecule has 0 aliphatic carbocycles. The molecule has 0 spiro atoms. The van der Waals surface area contributed by atoms with Crippen molar-refractivity contribution in [1.82, 2.24) is 16.0 Å². The molecule has 2 rings (SSSR count). The lowest BCUT2D eigenvalue weighted by molar-refractivity contribution is -0.128. The average Bonchev–Trinajstić information content (AvgIpc) is 2.94. The number of amides is 2. The SMILES string of the molecule is COc1ccc(NCC(=O)NNC(=O)CCc2c(C)noc2C)cc1. The second-order valence-corrected chi connectivity index (χ2v) is 5.48. The summed E-state index contributed by atoms with van der Waals surface area (Å²) in [5.74, 6) is 0.817. The number of benzene rings is 1. The molecule has 25 heavy (non-hydrogen) atoms. The summed E-state index contributed by atoms with van der Waals surface area (Å²) in [7, 11) is 1.59. The zero-order valence-electron chi connectivity index (χ0n) is 14.5. The molecular formula is C17H22N4O4. The molecule has 3 N–H and O–H groups in total. The maximum absolute atomic E-state index is 11.8. The summed E-state index contributed by atoms with van der Waals surface area (Å²) in [6.07, 6.45) is 0.738. The van der Waals surface area contributed by atoms with Crippen LogP contribution in [0.2, 0.25) is 0 Å². The number of aromatic nitrogens is 1. The van der Waals surface area contributed by atoms with Gasteiger partial charge in [0, 0.05) is 17.7 Å². The van der Waals surface area contributed by atoms with Crippen LogP contribution < -0.4 is 20.9 Å². The number of hydrogen-bond donors (Lipinski definition) is 3. The molecule has 0 radical (unpaired) electrons. The molecule has 134 valence electrons. The van der Waals surface area contributed by atoms with Gasteiger partial charge in [0.2, 0.25) is 5.91 Å². The number of aryl methyl sites for hydroxylation is 2. The van der Waals surface area contributed by atoms with Crippen molar-refractivity contribution in [2.45, 2.75) is 26.7 Å². The Kier molecular flexibility index (Phi) is 6.39. The smallest absolute Gasteiger partial charge is 0.257 e. The molecule has 0 bridgehead atoms. The van der Waals surface area contributed by atoms with E-state index in [0.717, 1.165) is 22.7 Å². The largest absolute Gasteiger partial charge is 0.497 e. The van der Waals surface area contributed by atoms with Crippen LogP contribution in [0, 0.1) is 13.8 Å². The first-order valence-electron chi connectivity index (χ1n) is 7.87. The fraction of sp³-hybridized carbons (Fsp3) is 0.353. The van der Waals surface area contributed by atoms with Gasteiger partial charge in [0.15, 0.2) is 0 Å². The Morgan fingerprint density at radius 2 is 1.80 bits per heavy atom. The van der Waals surface area contributed by atoms with Crippen LogP contribution in [0.5, 0.6) is 5.75 Å². The highest BCUT2D eigenvalue weighted by Crippen LogP contribution is 2.15. The number of carbonyl (C=O) groups is 2. The number of methoxy groups -OCH3 is 1. The summed E-state index contributed by atoms with van der Waals surface area (Å²) in [5.41, 5.74) is 7.23. The second kappa shape index (κ2) is 8.72. The number of nitrogens with zero attached hydrogens (tertiary/aromatic N) is 1. The standard InChI is InChI=1S/C17H22N4O4/c1-11-15(12(2)25-21-11)8-9-16(22)19-20-17(23)10-18-13-4-6-14(24-3)7-5-13/h4-7,18H,8-10H2,1-3H3,(H,19,22)(H,20,23). The highest BCUT2D eigenvalue weighted by Gasteiger charge is 2.11. The third-order valence-corrected chi connectivity index (χ3v) is 3.67. The topological polar surface area (TPSA) is 105 Å². The van der Waals surface area contributed by atoms with Crippen molar-refractivity contribution in [3.8, 4) is 5.75 Å². The van der Waals surface area contributed by atoms with Crippen LogP contribution in [0.15, 0.2) is 28.8 Å². The lowest BCUT2D eigenvalue weighted by atomic mass is 10.1. The summed E-state index contributed by atoms with van der Waals surface area (Å²) in [4.78, 5) is 23.5.